The molecule has 40 heavy (non-hydrogen) atoms. The highest BCUT2D eigenvalue weighted by Gasteiger charge is 2.21. The van der Waals surface area contributed by atoms with Gasteiger partial charge in [0.15, 0.2) is 9.84 Å². The van der Waals surface area contributed by atoms with Gasteiger partial charge in [-0.1, -0.05) is 75.3 Å². The van der Waals surface area contributed by atoms with Crippen LogP contribution in [-0.4, -0.2) is 46.7 Å². The summed E-state index contributed by atoms with van der Waals surface area (Å²) in [5.41, 5.74) is 3.38. The highest BCUT2D eigenvalue weighted by molar-refractivity contribution is 7.91. The summed E-state index contributed by atoms with van der Waals surface area (Å²) in [4.78, 5) is 25.8. The van der Waals surface area contributed by atoms with E-state index in [2.05, 4.69) is 57.3 Å². The third-order valence-electron chi connectivity index (χ3n) is 6.29. The molecule has 3 aromatic carbocycles. The Bertz CT molecular complexity index is 1580. The third-order valence-corrected chi connectivity index (χ3v) is 8.03. The zero-order chi connectivity index (χ0) is 28.9. The number of urea groups is 1. The molecule has 1 heterocycles. The van der Waals surface area contributed by atoms with E-state index >= 15 is 0 Å². The number of nitrogens with zero attached hydrogens (tertiary/aromatic N) is 3. The van der Waals surface area contributed by atoms with E-state index in [4.69, 9.17) is 0 Å². The third kappa shape index (κ3) is 6.89. The molecule has 1 aromatic heterocycles. The number of H-pyrrole nitrogens is 1. The van der Waals surface area contributed by atoms with Gasteiger partial charge in [0.1, 0.15) is 0 Å². The second-order valence-electron chi connectivity index (χ2n) is 10.1. The van der Waals surface area contributed by atoms with Crippen molar-refractivity contribution in [1.82, 2.24) is 25.9 Å². The number of carbonyl (C=O) groups is 2. The summed E-state index contributed by atoms with van der Waals surface area (Å²) in [7, 11) is -3.43. The molecule has 11 nitrogen and oxygen atoms in total. The summed E-state index contributed by atoms with van der Waals surface area (Å²) in [6.45, 7) is 7.93. The maximum atomic E-state index is 13.1. The van der Waals surface area contributed by atoms with E-state index in [1.807, 2.05) is 24.3 Å². The van der Waals surface area contributed by atoms with Gasteiger partial charge in [0.05, 0.1) is 16.7 Å². The predicted octanol–water partition coefficient (Wildman–Crippen LogP) is 4.45. The molecule has 1 atom stereocenters. The van der Waals surface area contributed by atoms with Gasteiger partial charge in [-0.3, -0.25) is 10.1 Å². The maximum Gasteiger partial charge on any atom is 0.319 e. The van der Waals surface area contributed by atoms with Crippen LogP contribution >= 0.6 is 0 Å². The van der Waals surface area contributed by atoms with Crippen molar-refractivity contribution in [1.29, 1.82) is 0 Å². The lowest BCUT2D eigenvalue weighted by molar-refractivity contribution is 0.102. The zero-order valence-electron chi connectivity index (χ0n) is 22.6. The van der Waals surface area contributed by atoms with Crippen molar-refractivity contribution >= 4 is 33.4 Å². The van der Waals surface area contributed by atoms with Gasteiger partial charge < -0.3 is 10.6 Å². The van der Waals surface area contributed by atoms with Crippen LogP contribution in [0.3, 0.4) is 0 Å². The second-order valence-corrected chi connectivity index (χ2v) is 12.4. The number of aromatic nitrogens is 4. The lowest BCUT2D eigenvalue weighted by atomic mass is 9.85. The Morgan fingerprint density at radius 3 is 2.15 bits per heavy atom. The zero-order valence-corrected chi connectivity index (χ0v) is 23.4. The van der Waals surface area contributed by atoms with Crippen LogP contribution in [0.1, 0.15) is 60.8 Å². The molecule has 0 saturated heterocycles. The number of sulfone groups is 1. The minimum Gasteiger partial charge on any atom is -0.327 e. The van der Waals surface area contributed by atoms with Gasteiger partial charge >= 0.3 is 6.03 Å². The van der Waals surface area contributed by atoms with Gasteiger partial charge in [0, 0.05) is 11.3 Å². The largest absolute Gasteiger partial charge is 0.327 e. The number of benzene rings is 3. The number of aromatic amines is 1. The van der Waals surface area contributed by atoms with Crippen molar-refractivity contribution in [3.63, 3.8) is 0 Å². The Hall–Kier alpha value is -4.58. The number of hydrogen-bond acceptors (Lipinski definition) is 7. The molecule has 0 aliphatic rings. The van der Waals surface area contributed by atoms with Crippen molar-refractivity contribution in [3.8, 4) is 0 Å². The average molecular weight is 562 g/mol. The van der Waals surface area contributed by atoms with E-state index in [0.29, 0.717) is 11.3 Å². The van der Waals surface area contributed by atoms with E-state index < -0.39 is 27.8 Å². The lowest BCUT2D eigenvalue weighted by Crippen LogP contribution is -2.33. The van der Waals surface area contributed by atoms with E-state index in [0.717, 1.165) is 16.7 Å². The minimum absolute atomic E-state index is 0.0432. The number of carbonyl (C=O) groups excluding carboxylic acids is 2. The van der Waals surface area contributed by atoms with E-state index in [9.17, 15) is 18.0 Å². The molecule has 208 valence electrons. The first-order valence-corrected chi connectivity index (χ1v) is 14.3. The molecule has 0 radical (unpaired) electrons. The molecule has 4 rings (SSSR count). The lowest BCUT2D eigenvalue weighted by Gasteiger charge is -2.23. The SMILES string of the molecule is CCS(=O)(=O)c1cccc(NC(=O)NC(c2ccc(C(=O)Nc3nn[nH]n3)cc2)c2ccc(C(C)(C)C)cc2)c1. The molecule has 3 amide bonds. The molecule has 4 N–H and O–H groups in total. The first-order chi connectivity index (χ1) is 19.0. The first-order valence-electron chi connectivity index (χ1n) is 12.6. The van der Waals surface area contributed by atoms with Crippen molar-refractivity contribution in [3.05, 3.63) is 95.1 Å². The van der Waals surface area contributed by atoms with Gasteiger partial charge in [-0.15, -0.1) is 5.10 Å². The van der Waals surface area contributed by atoms with Gasteiger partial charge in [-0.05, 0) is 57.7 Å². The molecule has 0 bridgehead atoms. The van der Waals surface area contributed by atoms with Crippen molar-refractivity contribution in [2.75, 3.05) is 16.4 Å². The predicted molar refractivity (Wildman–Crippen MR) is 152 cm³/mol. The summed E-state index contributed by atoms with van der Waals surface area (Å²) in [6, 6.07) is 19.8. The summed E-state index contributed by atoms with van der Waals surface area (Å²) in [5.74, 6) is -0.398. The molecule has 0 aliphatic carbocycles. The van der Waals surface area contributed by atoms with Crippen LogP contribution in [0.5, 0.6) is 0 Å². The summed E-state index contributed by atoms with van der Waals surface area (Å²) in [5, 5.41) is 21.4. The number of tetrazole rings is 1. The first kappa shape index (κ1) is 28.4. The highest BCUT2D eigenvalue weighted by Crippen LogP contribution is 2.27. The van der Waals surface area contributed by atoms with E-state index in [1.165, 1.54) is 12.1 Å². The number of amides is 3. The minimum atomic E-state index is -3.43. The van der Waals surface area contributed by atoms with Crippen molar-refractivity contribution in [2.45, 2.75) is 44.0 Å². The average Bonchev–Trinajstić information content (AvgIpc) is 3.44. The molecule has 1 unspecified atom stereocenters. The van der Waals surface area contributed by atoms with Gasteiger partial charge in [-0.25, -0.2) is 13.2 Å². The van der Waals surface area contributed by atoms with Crippen molar-refractivity contribution < 1.29 is 18.0 Å². The van der Waals surface area contributed by atoms with Crippen LogP contribution in [0.25, 0.3) is 0 Å². The van der Waals surface area contributed by atoms with Crippen LogP contribution in [0.4, 0.5) is 16.4 Å². The Morgan fingerprint density at radius 1 is 0.925 bits per heavy atom. The topological polar surface area (TPSA) is 159 Å². The summed E-state index contributed by atoms with van der Waals surface area (Å²) in [6.07, 6.45) is 0. The fourth-order valence-corrected chi connectivity index (χ4v) is 4.91. The number of nitrogens with one attached hydrogen (secondary N) is 4. The maximum absolute atomic E-state index is 13.1. The van der Waals surface area contributed by atoms with Crippen molar-refractivity contribution in [2.24, 2.45) is 0 Å². The number of hydrogen-bond donors (Lipinski definition) is 4. The molecule has 0 aliphatic heterocycles. The molecule has 4 aromatic rings. The number of anilines is 2. The van der Waals surface area contributed by atoms with Gasteiger partial charge in [0.2, 0.25) is 0 Å². The van der Waals surface area contributed by atoms with Crippen LogP contribution in [-0.2, 0) is 15.3 Å². The Morgan fingerprint density at radius 2 is 1.57 bits per heavy atom. The monoisotopic (exact) mass is 561 g/mol. The number of rotatable bonds is 8. The summed E-state index contributed by atoms with van der Waals surface area (Å²) < 4.78 is 24.6. The Kier molecular flexibility index (Phi) is 8.29. The van der Waals surface area contributed by atoms with Gasteiger partial charge in [-0.2, -0.15) is 5.21 Å². The normalized spacial score (nSPS) is 12.4. The Labute approximate surface area is 232 Å². The quantitative estimate of drug-likeness (QED) is 0.247. The fourth-order valence-electron chi connectivity index (χ4n) is 3.98. The van der Waals surface area contributed by atoms with E-state index in [1.54, 1.807) is 43.3 Å². The van der Waals surface area contributed by atoms with Crippen LogP contribution in [0.15, 0.2) is 77.7 Å². The standard InChI is InChI=1S/C28H31N7O4S/c1-5-40(38,39)23-8-6-7-22(17-23)29-27(37)30-24(19-13-15-21(16-14-19)28(2,3)4)18-9-11-20(12-10-18)25(36)31-26-32-34-35-33-26/h6-17,24H,5H2,1-4H3,(H2,29,30,37)(H2,31,32,33,34,35,36). The van der Waals surface area contributed by atoms with Crippen LogP contribution in [0.2, 0.25) is 0 Å². The molecule has 0 fully saturated rings. The van der Waals surface area contributed by atoms with Gasteiger partial charge in [0.25, 0.3) is 11.9 Å². The molecule has 0 spiro atoms. The highest BCUT2D eigenvalue weighted by atomic mass is 32.2. The molecular weight excluding hydrogens is 530 g/mol. The Balaban J connectivity index is 1.59. The summed E-state index contributed by atoms with van der Waals surface area (Å²) >= 11 is 0. The molecule has 0 saturated carbocycles. The second kappa shape index (κ2) is 11.7. The van der Waals surface area contributed by atoms with Crippen LogP contribution < -0.4 is 16.0 Å². The smallest absolute Gasteiger partial charge is 0.319 e. The molecular formula is C28H31N7O4S. The fraction of sp³-hybridized carbons (Fsp3) is 0.250. The molecule has 12 heteroatoms. The van der Waals surface area contributed by atoms with Crippen LogP contribution in [0, 0.1) is 0 Å². The van der Waals surface area contributed by atoms with E-state index in [-0.39, 0.29) is 22.0 Å².